The molecule has 6 rings (SSSR count). The highest BCUT2D eigenvalue weighted by atomic mass is 16.5. The summed E-state index contributed by atoms with van der Waals surface area (Å²) >= 11 is 0. The number of ketones is 2. The van der Waals surface area contributed by atoms with Gasteiger partial charge in [-0.25, -0.2) is 0 Å². The Kier molecular flexibility index (Phi) is 5.47. The van der Waals surface area contributed by atoms with Crippen LogP contribution in [0.2, 0.25) is 0 Å². The molecule has 2 aromatic carbocycles. The van der Waals surface area contributed by atoms with Crippen LogP contribution >= 0.6 is 0 Å². The zero-order valence-electron chi connectivity index (χ0n) is 21.2. The number of Topliss-reactive ketones (excluding diaryl/α,β-unsaturated/α-hetero) is 1. The maximum absolute atomic E-state index is 13.6. The van der Waals surface area contributed by atoms with E-state index in [4.69, 9.17) is 4.74 Å². The zero-order valence-corrected chi connectivity index (χ0v) is 21.2. The Morgan fingerprint density at radius 2 is 1.83 bits per heavy atom. The van der Waals surface area contributed by atoms with Crippen molar-refractivity contribution in [1.29, 1.82) is 0 Å². The second-order valence-electron chi connectivity index (χ2n) is 12.2. The first kappa shape index (κ1) is 23.9. The zero-order chi connectivity index (χ0) is 25.3. The molecule has 0 heterocycles. The first-order valence-electron chi connectivity index (χ1n) is 13.4. The molecule has 5 nitrogen and oxygen atoms in total. The molecule has 7 atom stereocenters. The number of aliphatic hydroxyl groups is 2. The van der Waals surface area contributed by atoms with E-state index < -0.39 is 17.1 Å². The fraction of sp³-hybridized carbons (Fsp3) is 0.548. The molecule has 190 valence electrons. The lowest BCUT2D eigenvalue weighted by Gasteiger charge is -2.60. The summed E-state index contributed by atoms with van der Waals surface area (Å²) in [6, 6.07) is 13.7. The Hall–Kier alpha value is -2.50. The van der Waals surface area contributed by atoms with Crippen LogP contribution in [0.25, 0.3) is 10.8 Å². The number of hydrogen-bond acceptors (Lipinski definition) is 5. The van der Waals surface area contributed by atoms with Crippen LogP contribution in [0.5, 0.6) is 5.75 Å². The highest BCUT2D eigenvalue weighted by Gasteiger charge is 2.68. The predicted molar refractivity (Wildman–Crippen MR) is 137 cm³/mol. The highest BCUT2D eigenvalue weighted by molar-refractivity contribution is 5.92. The summed E-state index contributed by atoms with van der Waals surface area (Å²) in [5.41, 5.74) is -1.20. The van der Waals surface area contributed by atoms with Crippen LogP contribution in [0.1, 0.15) is 58.8 Å². The summed E-state index contributed by atoms with van der Waals surface area (Å²) in [6.07, 6.45) is 5.87. The monoisotopic (exact) mass is 488 g/mol. The van der Waals surface area contributed by atoms with Crippen LogP contribution in [0, 0.1) is 28.6 Å². The maximum Gasteiger partial charge on any atom is 0.202 e. The third-order valence-corrected chi connectivity index (χ3v) is 10.6. The summed E-state index contributed by atoms with van der Waals surface area (Å²) in [4.78, 5) is 25.7. The SMILES string of the molecule is CC12CCC(=O)C=C1CCC1C2C(O)CC2(C)C1CC[C@]2(O)C(=O)COc1ccc2ccccc2c1. The Balaban J connectivity index is 1.23. The van der Waals surface area contributed by atoms with Crippen LogP contribution in [0.3, 0.4) is 0 Å². The number of hydrogen-bond donors (Lipinski definition) is 2. The number of carbonyl (C=O) groups is 2. The minimum absolute atomic E-state index is 0.0648. The predicted octanol–water partition coefficient (Wildman–Crippen LogP) is 5.02. The number of fused-ring (bicyclic) bond motifs is 6. The molecular formula is C31H36O5. The van der Waals surface area contributed by atoms with E-state index in [1.54, 1.807) is 0 Å². The molecule has 0 radical (unpaired) electrons. The van der Waals surface area contributed by atoms with Gasteiger partial charge in [0.05, 0.1) is 6.10 Å². The quantitative estimate of drug-likeness (QED) is 0.631. The van der Waals surface area contributed by atoms with Crippen molar-refractivity contribution in [2.24, 2.45) is 28.6 Å². The average Bonchev–Trinajstić information content (AvgIpc) is 3.13. The van der Waals surface area contributed by atoms with Gasteiger partial charge in [0.1, 0.15) is 18.0 Å². The largest absolute Gasteiger partial charge is 0.486 e. The van der Waals surface area contributed by atoms with Crippen LogP contribution in [-0.2, 0) is 9.59 Å². The topological polar surface area (TPSA) is 83.8 Å². The average molecular weight is 489 g/mol. The molecule has 36 heavy (non-hydrogen) atoms. The molecule has 0 spiro atoms. The van der Waals surface area contributed by atoms with Crippen molar-refractivity contribution in [2.75, 3.05) is 6.61 Å². The molecule has 0 aromatic heterocycles. The van der Waals surface area contributed by atoms with E-state index in [-0.39, 0.29) is 41.3 Å². The second kappa shape index (κ2) is 8.26. The van der Waals surface area contributed by atoms with Gasteiger partial charge in [-0.3, -0.25) is 9.59 Å². The van der Waals surface area contributed by atoms with Crippen molar-refractivity contribution < 1.29 is 24.5 Å². The van der Waals surface area contributed by atoms with E-state index in [2.05, 4.69) is 6.92 Å². The highest BCUT2D eigenvalue weighted by Crippen LogP contribution is 2.67. The summed E-state index contributed by atoms with van der Waals surface area (Å²) in [7, 11) is 0. The third-order valence-electron chi connectivity index (χ3n) is 10.6. The van der Waals surface area contributed by atoms with Gasteiger partial charge in [-0.15, -0.1) is 0 Å². The fourth-order valence-corrected chi connectivity index (χ4v) is 8.68. The summed E-state index contributed by atoms with van der Waals surface area (Å²) in [5, 5.41) is 25.6. The minimum atomic E-state index is -1.51. The van der Waals surface area contributed by atoms with Crippen molar-refractivity contribution in [1.82, 2.24) is 0 Å². The molecule has 4 aliphatic carbocycles. The first-order chi connectivity index (χ1) is 17.2. The van der Waals surface area contributed by atoms with Crippen molar-refractivity contribution in [2.45, 2.75) is 70.5 Å². The second-order valence-corrected chi connectivity index (χ2v) is 12.2. The van der Waals surface area contributed by atoms with Gasteiger partial charge >= 0.3 is 0 Å². The van der Waals surface area contributed by atoms with E-state index in [9.17, 15) is 19.8 Å². The minimum Gasteiger partial charge on any atom is -0.486 e. The molecule has 0 bridgehead atoms. The molecule has 5 heteroatoms. The van der Waals surface area contributed by atoms with Gasteiger partial charge in [0.25, 0.3) is 0 Å². The van der Waals surface area contributed by atoms with E-state index in [0.717, 1.165) is 36.5 Å². The Morgan fingerprint density at radius 3 is 2.64 bits per heavy atom. The van der Waals surface area contributed by atoms with E-state index in [1.807, 2.05) is 55.5 Å². The summed E-state index contributed by atoms with van der Waals surface area (Å²) < 4.78 is 5.90. The van der Waals surface area contributed by atoms with Gasteiger partial charge in [-0.1, -0.05) is 49.8 Å². The van der Waals surface area contributed by atoms with Crippen LogP contribution in [0.15, 0.2) is 54.1 Å². The number of aliphatic hydroxyl groups excluding tert-OH is 1. The van der Waals surface area contributed by atoms with Gasteiger partial charge in [-0.2, -0.15) is 0 Å². The Morgan fingerprint density at radius 1 is 1.06 bits per heavy atom. The van der Waals surface area contributed by atoms with Crippen molar-refractivity contribution >= 4 is 22.3 Å². The maximum atomic E-state index is 13.6. The molecule has 0 amide bonds. The van der Waals surface area contributed by atoms with Crippen molar-refractivity contribution in [3.05, 3.63) is 54.1 Å². The van der Waals surface area contributed by atoms with Crippen LogP contribution < -0.4 is 4.74 Å². The number of ether oxygens (including phenoxy) is 1. The van der Waals surface area contributed by atoms with Gasteiger partial charge in [0.2, 0.25) is 5.78 Å². The lowest BCUT2D eigenvalue weighted by atomic mass is 9.45. The Labute approximate surface area is 212 Å². The molecular weight excluding hydrogens is 452 g/mol. The number of benzene rings is 2. The third kappa shape index (κ3) is 3.35. The molecule has 2 N–H and O–H groups in total. The van der Waals surface area contributed by atoms with E-state index in [1.165, 1.54) is 5.57 Å². The summed E-state index contributed by atoms with van der Waals surface area (Å²) in [6.45, 7) is 4.04. The lowest BCUT2D eigenvalue weighted by Crippen LogP contribution is -2.62. The van der Waals surface area contributed by atoms with Crippen molar-refractivity contribution in [3.8, 4) is 5.75 Å². The van der Waals surface area contributed by atoms with E-state index >= 15 is 0 Å². The molecule has 4 aliphatic rings. The van der Waals surface area contributed by atoms with Crippen LogP contribution in [-0.4, -0.2) is 40.1 Å². The van der Waals surface area contributed by atoms with Gasteiger partial charge in [-0.05, 0) is 90.7 Å². The molecule has 0 aliphatic heterocycles. The Bertz CT molecular complexity index is 1260. The van der Waals surface area contributed by atoms with Gasteiger partial charge in [0, 0.05) is 11.8 Å². The molecule has 3 fully saturated rings. The number of rotatable bonds is 4. The van der Waals surface area contributed by atoms with Gasteiger partial charge < -0.3 is 14.9 Å². The molecule has 2 aromatic rings. The molecule has 0 saturated heterocycles. The van der Waals surface area contributed by atoms with Gasteiger partial charge in [0.15, 0.2) is 5.78 Å². The van der Waals surface area contributed by atoms with Crippen molar-refractivity contribution in [3.63, 3.8) is 0 Å². The summed E-state index contributed by atoms with van der Waals surface area (Å²) in [5.74, 6) is 0.977. The molecule has 6 unspecified atom stereocenters. The number of allylic oxidation sites excluding steroid dienone is 1. The fourth-order valence-electron chi connectivity index (χ4n) is 8.68. The standard InChI is InChI=1S/C31H36O5/c1-29-13-11-22(32)16-21(29)8-10-24-25-12-14-31(35,30(25,2)17-26(33)28(24)29)27(34)18-36-23-9-7-19-5-3-4-6-20(19)15-23/h3-7,9,15-16,24-26,28,33,35H,8,10-14,17-18H2,1-2H3/t24?,25?,26?,28?,29?,30?,31-/m0/s1. The molecule has 3 saturated carbocycles. The first-order valence-corrected chi connectivity index (χ1v) is 13.4. The van der Waals surface area contributed by atoms with E-state index in [0.29, 0.717) is 25.0 Å². The normalized spacial score (nSPS) is 39.7. The number of carbonyl (C=O) groups excluding carboxylic acids is 2. The van der Waals surface area contributed by atoms with Crippen LogP contribution in [0.4, 0.5) is 0 Å². The smallest absolute Gasteiger partial charge is 0.202 e. The lowest BCUT2D eigenvalue weighted by molar-refractivity contribution is -0.181.